The highest BCUT2D eigenvalue weighted by Gasteiger charge is 2.33. The molecular weight excluding hydrogens is 388 g/mol. The largest absolute Gasteiger partial charge is 0.406 e. The van der Waals surface area contributed by atoms with Crippen LogP contribution in [0.25, 0.3) is 0 Å². The number of rotatable bonds is 4. The van der Waals surface area contributed by atoms with Gasteiger partial charge >= 0.3 is 6.18 Å². The molecule has 118 valence electrons. The van der Waals surface area contributed by atoms with Crippen molar-refractivity contribution in [3.63, 3.8) is 0 Å². The van der Waals surface area contributed by atoms with Gasteiger partial charge in [-0.15, -0.1) is 24.0 Å². The van der Waals surface area contributed by atoms with Crippen molar-refractivity contribution in [3.05, 3.63) is 0 Å². The van der Waals surface area contributed by atoms with Crippen molar-refractivity contribution in [3.8, 4) is 0 Å². The first kappa shape index (κ1) is 19.3. The smallest absolute Gasteiger partial charge is 0.353 e. The molecule has 0 heterocycles. The average Bonchev–Trinajstić information content (AvgIpc) is 2.97. The van der Waals surface area contributed by atoms with Crippen LogP contribution in [-0.4, -0.2) is 56.2 Å². The van der Waals surface area contributed by atoms with Crippen molar-refractivity contribution >= 4 is 35.8 Å². The number of likely N-dealkylation sites (N-methyl/N-ethyl adjacent to an activating group) is 1. The lowest BCUT2D eigenvalue weighted by molar-refractivity contribution is -0.157. The maximum Gasteiger partial charge on any atom is 0.406 e. The predicted octanol–water partition coefficient (Wildman–Crippen LogP) is 1.20. The zero-order valence-corrected chi connectivity index (χ0v) is 14.0. The van der Waals surface area contributed by atoms with Crippen LogP contribution in [0.2, 0.25) is 0 Å². The first-order chi connectivity index (χ1) is 8.73. The topological polar surface area (TPSA) is 56.7 Å². The SMILES string of the molecule is CN=C(NCC(=O)N(C)CC(F)(F)F)NC1CC1C.I. The minimum atomic E-state index is -4.38. The number of nitrogens with zero attached hydrogens (tertiary/aromatic N) is 2. The number of aliphatic imine (C=N–C) groups is 1. The maximum absolute atomic E-state index is 12.1. The van der Waals surface area contributed by atoms with Crippen molar-refractivity contribution in [1.82, 2.24) is 15.5 Å². The Balaban J connectivity index is 0.00000361. The molecule has 2 unspecified atom stereocenters. The number of guanidine groups is 1. The molecule has 2 atom stereocenters. The van der Waals surface area contributed by atoms with E-state index in [4.69, 9.17) is 0 Å². The third-order valence-electron chi connectivity index (χ3n) is 2.90. The Hall–Kier alpha value is -0.740. The summed E-state index contributed by atoms with van der Waals surface area (Å²) in [6.45, 7) is 0.611. The van der Waals surface area contributed by atoms with E-state index in [2.05, 4.69) is 22.5 Å². The highest BCUT2D eigenvalue weighted by molar-refractivity contribution is 14.0. The Morgan fingerprint density at radius 2 is 2.00 bits per heavy atom. The molecule has 1 rings (SSSR count). The van der Waals surface area contributed by atoms with Crippen molar-refractivity contribution in [2.24, 2.45) is 10.9 Å². The van der Waals surface area contributed by atoms with Crippen molar-refractivity contribution in [2.75, 3.05) is 27.2 Å². The minimum absolute atomic E-state index is 0. The van der Waals surface area contributed by atoms with Gasteiger partial charge in [0.2, 0.25) is 5.91 Å². The van der Waals surface area contributed by atoms with E-state index in [-0.39, 0.29) is 30.5 Å². The molecule has 0 aromatic carbocycles. The number of hydrogen-bond acceptors (Lipinski definition) is 2. The van der Waals surface area contributed by atoms with Crippen LogP contribution in [0.5, 0.6) is 0 Å². The van der Waals surface area contributed by atoms with Gasteiger partial charge < -0.3 is 15.5 Å². The first-order valence-electron chi connectivity index (χ1n) is 6.01. The Labute approximate surface area is 133 Å². The van der Waals surface area contributed by atoms with Crippen LogP contribution in [0.3, 0.4) is 0 Å². The van der Waals surface area contributed by atoms with Crippen LogP contribution in [0.4, 0.5) is 13.2 Å². The molecule has 0 aromatic heterocycles. The van der Waals surface area contributed by atoms with E-state index in [1.165, 1.54) is 0 Å². The van der Waals surface area contributed by atoms with Gasteiger partial charge in [-0.25, -0.2) is 0 Å². The highest BCUT2D eigenvalue weighted by atomic mass is 127. The molecule has 0 spiro atoms. The number of hydrogen-bond donors (Lipinski definition) is 2. The second kappa shape index (κ2) is 7.89. The van der Waals surface area contributed by atoms with Gasteiger partial charge in [-0.05, 0) is 12.3 Å². The molecule has 1 fully saturated rings. The summed E-state index contributed by atoms with van der Waals surface area (Å²) < 4.78 is 36.3. The normalized spacial score (nSPS) is 21.8. The van der Waals surface area contributed by atoms with Crippen molar-refractivity contribution < 1.29 is 18.0 Å². The number of nitrogens with one attached hydrogen (secondary N) is 2. The summed E-state index contributed by atoms with van der Waals surface area (Å²) >= 11 is 0. The second-order valence-corrected chi connectivity index (χ2v) is 4.75. The highest BCUT2D eigenvalue weighted by Crippen LogP contribution is 2.28. The summed E-state index contributed by atoms with van der Waals surface area (Å²) in [5.41, 5.74) is 0. The lowest BCUT2D eigenvalue weighted by atomic mass is 10.4. The summed E-state index contributed by atoms with van der Waals surface area (Å²) in [5.74, 6) is 0.356. The lowest BCUT2D eigenvalue weighted by Crippen LogP contribution is -2.46. The Bertz CT molecular complexity index is 362. The van der Waals surface area contributed by atoms with E-state index < -0.39 is 18.6 Å². The summed E-state index contributed by atoms with van der Waals surface area (Å²) in [5, 5.41) is 5.79. The number of amides is 1. The molecule has 1 saturated carbocycles. The molecule has 1 aliphatic rings. The molecule has 0 aromatic rings. The third-order valence-corrected chi connectivity index (χ3v) is 2.90. The van der Waals surface area contributed by atoms with Crippen molar-refractivity contribution in [1.29, 1.82) is 0 Å². The fourth-order valence-electron chi connectivity index (χ4n) is 1.54. The van der Waals surface area contributed by atoms with E-state index in [0.717, 1.165) is 13.5 Å². The van der Waals surface area contributed by atoms with Crippen LogP contribution < -0.4 is 10.6 Å². The monoisotopic (exact) mass is 408 g/mol. The van der Waals surface area contributed by atoms with Gasteiger partial charge in [-0.2, -0.15) is 13.2 Å². The van der Waals surface area contributed by atoms with Gasteiger partial charge in [-0.3, -0.25) is 9.79 Å². The third kappa shape index (κ3) is 7.15. The molecule has 5 nitrogen and oxygen atoms in total. The van der Waals surface area contributed by atoms with Gasteiger partial charge in [0.1, 0.15) is 6.54 Å². The summed E-state index contributed by atoms with van der Waals surface area (Å²) in [7, 11) is 2.67. The fourth-order valence-corrected chi connectivity index (χ4v) is 1.54. The molecule has 1 aliphatic carbocycles. The molecule has 20 heavy (non-hydrogen) atoms. The maximum atomic E-state index is 12.1. The Morgan fingerprint density at radius 3 is 2.40 bits per heavy atom. The average molecular weight is 408 g/mol. The zero-order chi connectivity index (χ0) is 14.6. The summed E-state index contributed by atoms with van der Waals surface area (Å²) in [4.78, 5) is 16.0. The van der Waals surface area contributed by atoms with Gasteiger partial charge in [0.25, 0.3) is 0 Å². The zero-order valence-electron chi connectivity index (χ0n) is 11.6. The fraction of sp³-hybridized carbons (Fsp3) is 0.818. The second-order valence-electron chi connectivity index (χ2n) is 4.75. The molecule has 2 N–H and O–H groups in total. The number of carbonyl (C=O) groups is 1. The van der Waals surface area contributed by atoms with E-state index in [9.17, 15) is 18.0 Å². The van der Waals surface area contributed by atoms with Crippen LogP contribution >= 0.6 is 24.0 Å². The summed E-state index contributed by atoms with van der Waals surface area (Å²) in [6.07, 6.45) is -3.35. The van der Waals surface area contributed by atoms with Gasteiger partial charge in [0, 0.05) is 20.1 Å². The molecule has 1 amide bonds. The molecule has 0 radical (unpaired) electrons. The van der Waals surface area contributed by atoms with Crippen LogP contribution in [-0.2, 0) is 4.79 Å². The molecule has 0 aliphatic heterocycles. The predicted molar refractivity (Wildman–Crippen MR) is 81.2 cm³/mol. The quantitative estimate of drug-likeness (QED) is 0.418. The first-order valence-corrected chi connectivity index (χ1v) is 6.01. The van der Waals surface area contributed by atoms with Gasteiger partial charge in [0.05, 0.1) is 6.54 Å². The Kier molecular flexibility index (Phi) is 7.60. The van der Waals surface area contributed by atoms with Crippen molar-refractivity contribution in [2.45, 2.75) is 25.6 Å². The molecule has 0 bridgehead atoms. The van der Waals surface area contributed by atoms with E-state index in [1.54, 1.807) is 7.05 Å². The van der Waals surface area contributed by atoms with E-state index >= 15 is 0 Å². The molecular formula is C11H20F3IN4O. The number of alkyl halides is 3. The number of carbonyl (C=O) groups excluding carboxylic acids is 1. The molecule has 9 heteroatoms. The number of halogens is 4. The minimum Gasteiger partial charge on any atom is -0.353 e. The van der Waals surface area contributed by atoms with Crippen LogP contribution in [0, 0.1) is 5.92 Å². The van der Waals surface area contributed by atoms with E-state index in [1.807, 2.05) is 0 Å². The lowest BCUT2D eigenvalue weighted by Gasteiger charge is -2.20. The van der Waals surface area contributed by atoms with Crippen LogP contribution in [0.15, 0.2) is 4.99 Å². The van der Waals surface area contributed by atoms with Gasteiger partial charge in [0.15, 0.2) is 5.96 Å². The standard InChI is InChI=1S/C11H19F3N4O.HI/c1-7-4-8(7)17-10(15-2)16-5-9(19)18(3)6-11(12,13)14;/h7-8H,4-6H2,1-3H3,(H2,15,16,17);1H. The van der Waals surface area contributed by atoms with Gasteiger partial charge in [-0.1, -0.05) is 6.92 Å². The van der Waals surface area contributed by atoms with E-state index in [0.29, 0.717) is 22.8 Å². The summed E-state index contributed by atoms with van der Waals surface area (Å²) in [6, 6.07) is 0.328. The molecule has 0 saturated heterocycles. The Morgan fingerprint density at radius 1 is 1.45 bits per heavy atom. The van der Waals surface area contributed by atoms with Crippen LogP contribution in [0.1, 0.15) is 13.3 Å².